The van der Waals surface area contributed by atoms with Gasteiger partial charge >= 0.3 is 11.7 Å². The van der Waals surface area contributed by atoms with Gasteiger partial charge in [0.2, 0.25) is 0 Å². The number of esters is 1. The number of aromatic amines is 2. The first-order chi connectivity index (χ1) is 13.5. The molecule has 0 atom stereocenters. The molecule has 2 aromatic rings. The van der Waals surface area contributed by atoms with E-state index in [0.29, 0.717) is 26.2 Å². The summed E-state index contributed by atoms with van der Waals surface area (Å²) in [5.41, 5.74) is -0.218. The van der Waals surface area contributed by atoms with Crippen LogP contribution in [0.4, 0.5) is 5.69 Å². The third kappa shape index (κ3) is 5.06. The molecule has 1 aromatic heterocycles. The number of amides is 1. The molecular formula is C18H21N5O5. The molecule has 10 nitrogen and oxygen atoms in total. The number of para-hydroxylation sites is 1. The Morgan fingerprint density at radius 2 is 1.79 bits per heavy atom. The van der Waals surface area contributed by atoms with Crippen molar-refractivity contribution >= 4 is 17.6 Å². The number of anilines is 1. The van der Waals surface area contributed by atoms with Crippen molar-refractivity contribution in [2.75, 3.05) is 37.7 Å². The van der Waals surface area contributed by atoms with Crippen molar-refractivity contribution in [1.82, 2.24) is 20.1 Å². The molecule has 3 rings (SSSR count). The van der Waals surface area contributed by atoms with Crippen LogP contribution in [-0.4, -0.2) is 64.7 Å². The highest BCUT2D eigenvalue weighted by atomic mass is 16.5. The first-order valence-electron chi connectivity index (χ1n) is 8.94. The van der Waals surface area contributed by atoms with E-state index in [1.54, 1.807) is 4.90 Å². The molecule has 1 fully saturated rings. The van der Waals surface area contributed by atoms with Gasteiger partial charge in [-0.05, 0) is 12.1 Å². The lowest BCUT2D eigenvalue weighted by atomic mass is 10.2. The van der Waals surface area contributed by atoms with Crippen LogP contribution in [0.3, 0.4) is 0 Å². The Hall–Kier alpha value is -3.43. The van der Waals surface area contributed by atoms with E-state index in [1.165, 1.54) is 0 Å². The fourth-order valence-corrected chi connectivity index (χ4v) is 2.92. The molecule has 0 radical (unpaired) electrons. The third-order valence-electron chi connectivity index (χ3n) is 4.46. The second kappa shape index (κ2) is 8.98. The summed E-state index contributed by atoms with van der Waals surface area (Å²) in [6.45, 7) is 2.21. The average Bonchev–Trinajstić information content (AvgIpc) is 2.72. The topological polar surface area (TPSA) is 128 Å². The molecule has 2 heterocycles. The molecule has 1 aliphatic heterocycles. The van der Waals surface area contributed by atoms with Crippen LogP contribution in [-0.2, 0) is 20.7 Å². The monoisotopic (exact) mass is 387 g/mol. The summed E-state index contributed by atoms with van der Waals surface area (Å²) in [4.78, 5) is 52.3. The van der Waals surface area contributed by atoms with Crippen LogP contribution >= 0.6 is 0 Å². The molecule has 0 saturated carbocycles. The van der Waals surface area contributed by atoms with Crippen LogP contribution in [0.2, 0.25) is 0 Å². The first-order valence-corrected chi connectivity index (χ1v) is 8.94. The van der Waals surface area contributed by atoms with E-state index in [-0.39, 0.29) is 31.0 Å². The maximum atomic E-state index is 12.2. The number of carbonyl (C=O) groups is 2. The predicted octanol–water partition coefficient (Wildman–Crippen LogP) is -0.717. The van der Waals surface area contributed by atoms with Gasteiger partial charge in [-0.1, -0.05) is 18.2 Å². The van der Waals surface area contributed by atoms with Crippen LogP contribution < -0.4 is 16.1 Å². The summed E-state index contributed by atoms with van der Waals surface area (Å²) < 4.78 is 5.00. The SMILES string of the molecule is O=C(CCc1n[nH]c(=O)[nH]c1=O)OCC(=O)N1CCN(c2ccccc2)CC1. The maximum Gasteiger partial charge on any atom is 0.342 e. The van der Waals surface area contributed by atoms with Crippen molar-refractivity contribution in [3.8, 4) is 0 Å². The number of aromatic nitrogens is 3. The molecule has 28 heavy (non-hydrogen) atoms. The Kier molecular flexibility index (Phi) is 6.20. The zero-order valence-electron chi connectivity index (χ0n) is 15.2. The van der Waals surface area contributed by atoms with E-state index in [2.05, 4.69) is 15.1 Å². The Morgan fingerprint density at radius 1 is 1.07 bits per heavy atom. The van der Waals surface area contributed by atoms with Gasteiger partial charge in [-0.25, -0.2) is 9.89 Å². The molecule has 148 valence electrons. The maximum absolute atomic E-state index is 12.2. The van der Waals surface area contributed by atoms with Crippen molar-refractivity contribution in [2.24, 2.45) is 0 Å². The summed E-state index contributed by atoms with van der Waals surface area (Å²) in [6.07, 6.45) is -0.105. The van der Waals surface area contributed by atoms with Crippen LogP contribution in [0.5, 0.6) is 0 Å². The zero-order valence-corrected chi connectivity index (χ0v) is 15.2. The molecule has 0 bridgehead atoms. The van der Waals surface area contributed by atoms with E-state index in [4.69, 9.17) is 4.74 Å². The lowest BCUT2D eigenvalue weighted by Gasteiger charge is -2.36. The van der Waals surface area contributed by atoms with Crippen LogP contribution in [0.1, 0.15) is 12.1 Å². The summed E-state index contributed by atoms with van der Waals surface area (Å²) in [7, 11) is 0. The number of rotatable bonds is 6. The van der Waals surface area contributed by atoms with E-state index >= 15 is 0 Å². The highest BCUT2D eigenvalue weighted by Gasteiger charge is 2.22. The third-order valence-corrected chi connectivity index (χ3v) is 4.46. The number of aryl methyl sites for hydroxylation is 1. The molecule has 0 aliphatic carbocycles. The molecule has 1 aliphatic rings. The number of hydrogen-bond donors (Lipinski definition) is 2. The first kappa shape index (κ1) is 19.3. The van der Waals surface area contributed by atoms with E-state index in [1.807, 2.05) is 35.3 Å². The van der Waals surface area contributed by atoms with E-state index in [0.717, 1.165) is 5.69 Å². The van der Waals surface area contributed by atoms with Gasteiger partial charge < -0.3 is 14.5 Å². The second-order valence-corrected chi connectivity index (χ2v) is 6.32. The number of H-pyrrole nitrogens is 2. The fourth-order valence-electron chi connectivity index (χ4n) is 2.92. The van der Waals surface area contributed by atoms with Gasteiger partial charge in [0, 0.05) is 38.3 Å². The van der Waals surface area contributed by atoms with E-state index < -0.39 is 17.2 Å². The normalized spacial score (nSPS) is 14.0. The van der Waals surface area contributed by atoms with Crippen molar-refractivity contribution < 1.29 is 14.3 Å². The fraction of sp³-hybridized carbons (Fsp3) is 0.389. The van der Waals surface area contributed by atoms with Gasteiger partial charge in [0.15, 0.2) is 6.61 Å². The molecule has 2 N–H and O–H groups in total. The van der Waals surface area contributed by atoms with E-state index in [9.17, 15) is 19.2 Å². The zero-order chi connectivity index (χ0) is 19.9. The molecule has 1 amide bonds. The number of ether oxygens (including phenoxy) is 1. The van der Waals surface area contributed by atoms with Crippen LogP contribution in [0.25, 0.3) is 0 Å². The number of benzene rings is 1. The number of nitrogens with one attached hydrogen (secondary N) is 2. The van der Waals surface area contributed by atoms with Gasteiger partial charge in [0.05, 0.1) is 6.42 Å². The van der Waals surface area contributed by atoms with Crippen LogP contribution in [0.15, 0.2) is 39.9 Å². The average molecular weight is 387 g/mol. The Morgan fingerprint density at radius 3 is 2.46 bits per heavy atom. The summed E-state index contributed by atoms with van der Waals surface area (Å²) >= 11 is 0. The van der Waals surface area contributed by atoms with Gasteiger partial charge in [0.1, 0.15) is 5.69 Å². The van der Waals surface area contributed by atoms with Crippen molar-refractivity contribution in [2.45, 2.75) is 12.8 Å². The van der Waals surface area contributed by atoms with Gasteiger partial charge in [-0.15, -0.1) is 0 Å². The molecule has 1 saturated heterocycles. The standard InChI is InChI=1S/C18H21N5O5/c24-15(23-10-8-22(9-11-23)13-4-2-1-3-5-13)12-28-16(25)7-6-14-17(26)19-18(27)21-20-14/h1-5H,6-12H2,(H2,19,21,26,27). The van der Waals surface area contributed by atoms with Crippen molar-refractivity contribution in [3.63, 3.8) is 0 Å². The minimum Gasteiger partial charge on any atom is -0.456 e. The number of hydrogen-bond acceptors (Lipinski definition) is 7. The highest BCUT2D eigenvalue weighted by molar-refractivity contribution is 5.81. The number of nitrogens with zero attached hydrogens (tertiary/aromatic N) is 3. The second-order valence-electron chi connectivity index (χ2n) is 6.32. The summed E-state index contributed by atoms with van der Waals surface area (Å²) in [5, 5.41) is 5.68. The highest BCUT2D eigenvalue weighted by Crippen LogP contribution is 2.15. The van der Waals surface area contributed by atoms with Gasteiger partial charge in [-0.3, -0.25) is 19.4 Å². The summed E-state index contributed by atoms with van der Waals surface area (Å²) in [5.74, 6) is -0.857. The lowest BCUT2D eigenvalue weighted by molar-refractivity contribution is -0.152. The minimum atomic E-state index is -0.714. The van der Waals surface area contributed by atoms with Crippen molar-refractivity contribution in [3.05, 3.63) is 56.9 Å². The Bertz CT molecular complexity index is 931. The quantitative estimate of drug-likeness (QED) is 0.626. The largest absolute Gasteiger partial charge is 0.456 e. The minimum absolute atomic E-state index is 0.00882. The molecule has 1 aromatic carbocycles. The predicted molar refractivity (Wildman–Crippen MR) is 100.0 cm³/mol. The van der Waals surface area contributed by atoms with Crippen molar-refractivity contribution in [1.29, 1.82) is 0 Å². The van der Waals surface area contributed by atoms with Gasteiger partial charge in [0.25, 0.3) is 11.5 Å². The van der Waals surface area contributed by atoms with Crippen LogP contribution in [0, 0.1) is 0 Å². The van der Waals surface area contributed by atoms with Gasteiger partial charge in [-0.2, -0.15) is 5.10 Å². The smallest absolute Gasteiger partial charge is 0.342 e. The molecule has 0 spiro atoms. The Labute approximate surface area is 160 Å². The summed E-state index contributed by atoms with van der Waals surface area (Å²) in [6, 6.07) is 9.97. The number of piperazine rings is 1. The molecule has 0 unspecified atom stereocenters. The Balaban J connectivity index is 1.40. The number of carbonyl (C=O) groups excluding carboxylic acids is 2. The molecule has 10 heteroatoms. The molecular weight excluding hydrogens is 366 g/mol. The lowest BCUT2D eigenvalue weighted by Crippen LogP contribution is -2.49.